The number of aryl methyl sites for hydroxylation is 2. The summed E-state index contributed by atoms with van der Waals surface area (Å²) in [5, 5.41) is 11.4. The van der Waals surface area contributed by atoms with E-state index in [2.05, 4.69) is 22.1 Å². The first-order chi connectivity index (χ1) is 10.5. The van der Waals surface area contributed by atoms with E-state index in [0.29, 0.717) is 17.4 Å². The molecule has 1 heterocycles. The largest absolute Gasteiger partial charge is 0.325 e. The molecule has 0 aliphatic heterocycles. The number of hydrogen-bond acceptors (Lipinski definition) is 4. The summed E-state index contributed by atoms with van der Waals surface area (Å²) in [4.78, 5) is 12.0. The smallest absolute Gasteiger partial charge is 0.234 e. The minimum atomic E-state index is -0.380. The van der Waals surface area contributed by atoms with Crippen molar-refractivity contribution in [1.82, 2.24) is 14.8 Å². The van der Waals surface area contributed by atoms with Crippen LogP contribution in [-0.2, 0) is 11.3 Å². The van der Waals surface area contributed by atoms with Gasteiger partial charge in [-0.1, -0.05) is 23.9 Å². The highest BCUT2D eigenvalue weighted by molar-refractivity contribution is 7.99. The van der Waals surface area contributed by atoms with Crippen LogP contribution in [0.1, 0.15) is 11.4 Å². The number of thioether (sulfide) groups is 1. The summed E-state index contributed by atoms with van der Waals surface area (Å²) in [6.07, 6.45) is 1.75. The number of hydrogen-bond donors (Lipinski definition) is 1. The van der Waals surface area contributed by atoms with Gasteiger partial charge in [0.2, 0.25) is 5.91 Å². The van der Waals surface area contributed by atoms with E-state index in [-0.39, 0.29) is 17.5 Å². The predicted molar refractivity (Wildman–Crippen MR) is 85.4 cm³/mol. The Kier molecular flexibility index (Phi) is 5.32. The summed E-state index contributed by atoms with van der Waals surface area (Å²) in [7, 11) is 0. The number of allylic oxidation sites excluding steroid dienone is 1. The number of nitrogens with one attached hydrogen (secondary N) is 1. The molecule has 0 radical (unpaired) electrons. The molecule has 1 aromatic carbocycles. The van der Waals surface area contributed by atoms with Gasteiger partial charge in [-0.05, 0) is 31.5 Å². The number of rotatable bonds is 6. The van der Waals surface area contributed by atoms with Gasteiger partial charge in [-0.25, -0.2) is 4.39 Å². The van der Waals surface area contributed by atoms with Crippen molar-refractivity contribution in [2.75, 3.05) is 11.1 Å². The van der Waals surface area contributed by atoms with Crippen LogP contribution in [0.5, 0.6) is 0 Å². The van der Waals surface area contributed by atoms with Crippen LogP contribution in [0, 0.1) is 19.7 Å². The molecule has 116 valence electrons. The van der Waals surface area contributed by atoms with Crippen LogP contribution in [0.3, 0.4) is 0 Å². The van der Waals surface area contributed by atoms with Crippen molar-refractivity contribution in [3.8, 4) is 0 Å². The molecule has 22 heavy (non-hydrogen) atoms. The Morgan fingerprint density at radius 3 is 2.95 bits per heavy atom. The van der Waals surface area contributed by atoms with Gasteiger partial charge >= 0.3 is 0 Å². The molecule has 0 atom stereocenters. The van der Waals surface area contributed by atoms with Crippen molar-refractivity contribution >= 4 is 23.4 Å². The van der Waals surface area contributed by atoms with Crippen LogP contribution in [0.2, 0.25) is 0 Å². The van der Waals surface area contributed by atoms with Gasteiger partial charge in [0, 0.05) is 12.2 Å². The molecule has 0 fully saturated rings. The van der Waals surface area contributed by atoms with E-state index in [9.17, 15) is 9.18 Å². The number of aromatic nitrogens is 3. The van der Waals surface area contributed by atoms with Gasteiger partial charge in [-0.15, -0.1) is 16.8 Å². The molecule has 0 saturated carbocycles. The van der Waals surface area contributed by atoms with E-state index >= 15 is 0 Å². The van der Waals surface area contributed by atoms with Crippen LogP contribution >= 0.6 is 11.8 Å². The highest BCUT2D eigenvalue weighted by atomic mass is 32.2. The molecule has 0 saturated heterocycles. The summed E-state index contributed by atoms with van der Waals surface area (Å²) in [6, 6.07) is 4.30. The van der Waals surface area contributed by atoms with E-state index in [1.165, 1.54) is 23.9 Å². The first-order valence-corrected chi connectivity index (χ1v) is 7.69. The Hall–Kier alpha value is -2.15. The Morgan fingerprint density at radius 2 is 2.23 bits per heavy atom. The molecule has 0 aliphatic carbocycles. The highest BCUT2D eigenvalue weighted by Crippen LogP contribution is 2.19. The van der Waals surface area contributed by atoms with Gasteiger partial charge in [0.1, 0.15) is 11.6 Å². The van der Waals surface area contributed by atoms with E-state index in [1.54, 1.807) is 12.1 Å². The summed E-state index contributed by atoms with van der Waals surface area (Å²) >= 11 is 1.28. The van der Waals surface area contributed by atoms with Crippen LogP contribution < -0.4 is 5.32 Å². The summed E-state index contributed by atoms with van der Waals surface area (Å²) in [5.41, 5.74) is 1.29. The zero-order valence-corrected chi connectivity index (χ0v) is 13.3. The average molecular weight is 320 g/mol. The molecule has 1 N–H and O–H groups in total. The fourth-order valence-corrected chi connectivity index (χ4v) is 2.65. The maximum atomic E-state index is 13.2. The van der Waals surface area contributed by atoms with Crippen molar-refractivity contribution < 1.29 is 9.18 Å². The number of amides is 1. The van der Waals surface area contributed by atoms with Crippen molar-refractivity contribution in [2.45, 2.75) is 25.5 Å². The Morgan fingerprint density at radius 1 is 1.45 bits per heavy atom. The van der Waals surface area contributed by atoms with Gasteiger partial charge in [-0.2, -0.15) is 0 Å². The van der Waals surface area contributed by atoms with Gasteiger partial charge in [0.15, 0.2) is 5.16 Å². The Labute approximate surface area is 132 Å². The lowest BCUT2D eigenvalue weighted by Gasteiger charge is -2.08. The molecule has 2 aromatic rings. The monoisotopic (exact) mass is 320 g/mol. The number of halogens is 1. The molecular formula is C15H17FN4OS. The highest BCUT2D eigenvalue weighted by Gasteiger charge is 2.12. The summed E-state index contributed by atoms with van der Waals surface area (Å²) in [5.74, 6) is 0.341. The molecule has 7 heteroatoms. The SMILES string of the molecule is C=CCn1c(C)nnc1SCC(=O)Nc1cc(F)ccc1C. The normalized spacial score (nSPS) is 10.5. The van der Waals surface area contributed by atoms with Crippen molar-refractivity contribution in [3.05, 3.63) is 48.1 Å². The molecule has 0 unspecified atom stereocenters. The maximum absolute atomic E-state index is 13.2. The molecule has 1 amide bonds. The second-order valence-corrected chi connectivity index (χ2v) is 5.67. The van der Waals surface area contributed by atoms with E-state index in [1.807, 2.05) is 18.4 Å². The fourth-order valence-electron chi connectivity index (χ4n) is 1.85. The second kappa shape index (κ2) is 7.22. The van der Waals surface area contributed by atoms with Gasteiger partial charge in [0.05, 0.1) is 5.75 Å². The minimum absolute atomic E-state index is 0.172. The lowest BCUT2D eigenvalue weighted by molar-refractivity contribution is -0.113. The van der Waals surface area contributed by atoms with Crippen LogP contribution in [0.25, 0.3) is 0 Å². The van der Waals surface area contributed by atoms with E-state index in [4.69, 9.17) is 0 Å². The molecule has 0 aliphatic rings. The third-order valence-corrected chi connectivity index (χ3v) is 3.99. The lowest BCUT2D eigenvalue weighted by atomic mass is 10.2. The number of benzene rings is 1. The zero-order chi connectivity index (χ0) is 16.1. The lowest BCUT2D eigenvalue weighted by Crippen LogP contribution is -2.15. The van der Waals surface area contributed by atoms with Crippen molar-refractivity contribution in [3.63, 3.8) is 0 Å². The minimum Gasteiger partial charge on any atom is -0.325 e. The third-order valence-electron chi connectivity index (χ3n) is 3.02. The van der Waals surface area contributed by atoms with Crippen LogP contribution in [0.15, 0.2) is 36.0 Å². The third kappa shape index (κ3) is 3.94. The van der Waals surface area contributed by atoms with Crippen molar-refractivity contribution in [2.24, 2.45) is 0 Å². The van der Waals surface area contributed by atoms with Crippen LogP contribution in [0.4, 0.5) is 10.1 Å². The summed E-state index contributed by atoms with van der Waals surface area (Å²) < 4.78 is 15.1. The first kappa shape index (κ1) is 16.2. The maximum Gasteiger partial charge on any atom is 0.234 e. The van der Waals surface area contributed by atoms with Crippen LogP contribution in [-0.4, -0.2) is 26.4 Å². The quantitative estimate of drug-likeness (QED) is 0.657. The molecule has 5 nitrogen and oxygen atoms in total. The Bertz CT molecular complexity index is 699. The first-order valence-electron chi connectivity index (χ1n) is 6.70. The van der Waals surface area contributed by atoms with Gasteiger partial charge in [-0.3, -0.25) is 4.79 Å². The standard InChI is InChI=1S/C15H17FN4OS/c1-4-7-20-11(3)18-19-15(20)22-9-14(21)17-13-8-12(16)6-5-10(13)2/h4-6,8H,1,7,9H2,2-3H3,(H,17,21). The number of nitrogens with zero attached hydrogens (tertiary/aromatic N) is 3. The number of carbonyl (C=O) groups is 1. The topological polar surface area (TPSA) is 59.8 Å². The summed E-state index contributed by atoms with van der Waals surface area (Å²) in [6.45, 7) is 7.93. The zero-order valence-electron chi connectivity index (χ0n) is 12.5. The predicted octanol–water partition coefficient (Wildman–Crippen LogP) is 2.95. The Balaban J connectivity index is 1.98. The number of carbonyl (C=O) groups excluding carboxylic acids is 1. The van der Waals surface area contributed by atoms with E-state index < -0.39 is 0 Å². The van der Waals surface area contributed by atoms with Gasteiger partial charge < -0.3 is 9.88 Å². The molecule has 0 bridgehead atoms. The molecular weight excluding hydrogens is 303 g/mol. The fraction of sp³-hybridized carbons (Fsp3) is 0.267. The molecule has 0 spiro atoms. The second-order valence-electron chi connectivity index (χ2n) is 4.73. The average Bonchev–Trinajstić information content (AvgIpc) is 2.82. The van der Waals surface area contributed by atoms with Gasteiger partial charge in [0.25, 0.3) is 0 Å². The molecule has 1 aromatic heterocycles. The van der Waals surface area contributed by atoms with E-state index in [0.717, 1.165) is 11.4 Å². The molecule has 2 rings (SSSR count). The van der Waals surface area contributed by atoms with Crippen molar-refractivity contribution in [1.29, 1.82) is 0 Å². The number of anilines is 1.